The van der Waals surface area contributed by atoms with Crippen molar-refractivity contribution in [2.24, 2.45) is 5.92 Å². The number of carbonyl (C=O) groups is 1. The summed E-state index contributed by atoms with van der Waals surface area (Å²) in [6.07, 6.45) is 2.40. The van der Waals surface area contributed by atoms with Crippen molar-refractivity contribution in [3.8, 4) is 5.75 Å². The number of fused-ring (bicyclic) bond motifs is 1. The van der Waals surface area contributed by atoms with Crippen LogP contribution in [0.1, 0.15) is 44.7 Å². The predicted octanol–water partition coefficient (Wildman–Crippen LogP) is 3.06. The first-order valence-electron chi connectivity index (χ1n) is 6.68. The molecule has 0 unspecified atom stereocenters. The molecule has 1 amide bonds. The van der Waals surface area contributed by atoms with Gasteiger partial charge in [0, 0.05) is 18.4 Å². The van der Waals surface area contributed by atoms with E-state index in [0.717, 1.165) is 24.2 Å². The van der Waals surface area contributed by atoms with Crippen molar-refractivity contribution in [3.63, 3.8) is 0 Å². The van der Waals surface area contributed by atoms with E-state index in [2.05, 4.69) is 19.2 Å². The zero-order chi connectivity index (χ0) is 13.0. The molecule has 0 aromatic heterocycles. The monoisotopic (exact) mass is 247 g/mol. The van der Waals surface area contributed by atoms with Crippen LogP contribution in [0.3, 0.4) is 0 Å². The Morgan fingerprint density at radius 3 is 3.00 bits per heavy atom. The van der Waals surface area contributed by atoms with Gasteiger partial charge in [-0.15, -0.1) is 0 Å². The molecular formula is C15H21NO2. The number of hydrogen-bond acceptors (Lipinski definition) is 2. The fourth-order valence-electron chi connectivity index (χ4n) is 2.18. The Morgan fingerprint density at radius 2 is 2.22 bits per heavy atom. The maximum absolute atomic E-state index is 11.9. The molecule has 18 heavy (non-hydrogen) atoms. The summed E-state index contributed by atoms with van der Waals surface area (Å²) in [5.41, 5.74) is 1.10. The van der Waals surface area contributed by atoms with Gasteiger partial charge in [0.15, 0.2) is 0 Å². The van der Waals surface area contributed by atoms with Crippen LogP contribution >= 0.6 is 0 Å². The van der Waals surface area contributed by atoms with Crippen LogP contribution in [-0.4, -0.2) is 12.5 Å². The predicted molar refractivity (Wildman–Crippen MR) is 71.5 cm³/mol. The van der Waals surface area contributed by atoms with E-state index in [-0.39, 0.29) is 11.9 Å². The molecule has 3 heteroatoms. The molecule has 1 atom stereocenters. The SMILES string of the molecule is CC(C)CCC(=O)N[C@H]1CCOc2ccccc21. The van der Waals surface area contributed by atoms with E-state index in [1.165, 1.54) is 0 Å². The number of amides is 1. The van der Waals surface area contributed by atoms with E-state index >= 15 is 0 Å². The van der Waals surface area contributed by atoms with Crippen LogP contribution < -0.4 is 10.1 Å². The van der Waals surface area contributed by atoms with Crippen molar-refractivity contribution < 1.29 is 9.53 Å². The lowest BCUT2D eigenvalue weighted by Gasteiger charge is -2.26. The maximum atomic E-state index is 11.9. The standard InChI is InChI=1S/C15H21NO2/c1-11(2)7-8-15(17)16-13-9-10-18-14-6-4-3-5-12(13)14/h3-6,11,13H,7-10H2,1-2H3,(H,16,17)/t13-/m0/s1. The number of hydrogen-bond donors (Lipinski definition) is 1. The van der Waals surface area contributed by atoms with E-state index in [1.807, 2.05) is 24.3 Å². The minimum atomic E-state index is 0.106. The van der Waals surface area contributed by atoms with Gasteiger partial charge in [-0.05, 0) is 18.4 Å². The molecule has 0 radical (unpaired) electrons. The van der Waals surface area contributed by atoms with Crippen LogP contribution in [0.4, 0.5) is 0 Å². The van der Waals surface area contributed by atoms with Gasteiger partial charge in [0.25, 0.3) is 0 Å². The number of rotatable bonds is 4. The summed E-state index contributed by atoms with van der Waals surface area (Å²) >= 11 is 0. The third-order valence-electron chi connectivity index (χ3n) is 3.24. The normalized spacial score (nSPS) is 18.1. The molecule has 0 fully saturated rings. The van der Waals surface area contributed by atoms with E-state index in [9.17, 15) is 4.79 Å². The molecule has 98 valence electrons. The highest BCUT2D eigenvalue weighted by molar-refractivity contribution is 5.76. The van der Waals surface area contributed by atoms with Crippen LogP contribution in [-0.2, 0) is 4.79 Å². The van der Waals surface area contributed by atoms with Gasteiger partial charge in [-0.2, -0.15) is 0 Å². The molecule has 1 aromatic carbocycles. The van der Waals surface area contributed by atoms with Crippen molar-refractivity contribution in [3.05, 3.63) is 29.8 Å². The summed E-state index contributed by atoms with van der Waals surface area (Å²) in [7, 11) is 0. The number of ether oxygens (including phenoxy) is 1. The van der Waals surface area contributed by atoms with Crippen LogP contribution in [0.5, 0.6) is 5.75 Å². The third kappa shape index (κ3) is 3.25. The number of benzene rings is 1. The van der Waals surface area contributed by atoms with Gasteiger partial charge < -0.3 is 10.1 Å². The molecule has 1 N–H and O–H groups in total. The fraction of sp³-hybridized carbons (Fsp3) is 0.533. The van der Waals surface area contributed by atoms with Gasteiger partial charge in [0.05, 0.1) is 12.6 Å². The Labute approximate surface area is 109 Å². The highest BCUT2D eigenvalue weighted by Crippen LogP contribution is 2.31. The molecule has 1 aromatic rings. The fourth-order valence-corrected chi connectivity index (χ4v) is 2.18. The smallest absolute Gasteiger partial charge is 0.220 e. The molecule has 0 saturated heterocycles. The molecule has 1 heterocycles. The zero-order valence-corrected chi connectivity index (χ0v) is 11.1. The summed E-state index contributed by atoms with van der Waals surface area (Å²) in [6.45, 7) is 4.94. The quantitative estimate of drug-likeness (QED) is 0.888. The Morgan fingerprint density at radius 1 is 1.44 bits per heavy atom. The first-order valence-corrected chi connectivity index (χ1v) is 6.68. The van der Waals surface area contributed by atoms with Crippen molar-refractivity contribution >= 4 is 5.91 Å². The van der Waals surface area contributed by atoms with Crippen molar-refractivity contribution in [1.82, 2.24) is 5.32 Å². The lowest BCUT2D eigenvalue weighted by molar-refractivity contribution is -0.122. The van der Waals surface area contributed by atoms with Crippen LogP contribution in [0, 0.1) is 5.92 Å². The van der Waals surface area contributed by atoms with Gasteiger partial charge in [-0.3, -0.25) is 4.79 Å². The van der Waals surface area contributed by atoms with Crippen LogP contribution in [0.25, 0.3) is 0 Å². The molecule has 1 aliphatic heterocycles. The highest BCUT2D eigenvalue weighted by atomic mass is 16.5. The minimum Gasteiger partial charge on any atom is -0.493 e. The molecule has 0 spiro atoms. The molecular weight excluding hydrogens is 226 g/mol. The van der Waals surface area contributed by atoms with Crippen LogP contribution in [0.2, 0.25) is 0 Å². The summed E-state index contributed by atoms with van der Waals surface area (Å²) < 4.78 is 5.58. The molecule has 0 saturated carbocycles. The largest absolute Gasteiger partial charge is 0.493 e. The molecule has 1 aliphatic rings. The van der Waals surface area contributed by atoms with E-state index in [4.69, 9.17) is 4.74 Å². The van der Waals surface area contributed by atoms with E-state index in [0.29, 0.717) is 18.9 Å². The topological polar surface area (TPSA) is 38.3 Å². The van der Waals surface area contributed by atoms with Crippen molar-refractivity contribution in [2.75, 3.05) is 6.61 Å². The number of para-hydroxylation sites is 1. The van der Waals surface area contributed by atoms with Crippen molar-refractivity contribution in [2.45, 2.75) is 39.2 Å². The highest BCUT2D eigenvalue weighted by Gasteiger charge is 2.22. The van der Waals surface area contributed by atoms with Crippen LogP contribution in [0.15, 0.2) is 24.3 Å². The second-order valence-corrected chi connectivity index (χ2v) is 5.23. The Kier molecular flexibility index (Phi) is 4.24. The Hall–Kier alpha value is -1.51. The summed E-state index contributed by atoms with van der Waals surface area (Å²) in [5.74, 6) is 1.61. The zero-order valence-electron chi connectivity index (χ0n) is 11.1. The molecule has 2 rings (SSSR count). The van der Waals surface area contributed by atoms with E-state index < -0.39 is 0 Å². The maximum Gasteiger partial charge on any atom is 0.220 e. The van der Waals surface area contributed by atoms with Gasteiger partial charge in [-0.25, -0.2) is 0 Å². The second kappa shape index (κ2) is 5.89. The second-order valence-electron chi connectivity index (χ2n) is 5.23. The van der Waals surface area contributed by atoms with Gasteiger partial charge >= 0.3 is 0 Å². The first kappa shape index (κ1) is 12.9. The van der Waals surface area contributed by atoms with Crippen molar-refractivity contribution in [1.29, 1.82) is 0 Å². The Balaban J connectivity index is 1.96. The average Bonchev–Trinajstić information content (AvgIpc) is 2.37. The summed E-state index contributed by atoms with van der Waals surface area (Å²) in [6, 6.07) is 8.04. The molecule has 0 bridgehead atoms. The molecule has 0 aliphatic carbocycles. The minimum absolute atomic E-state index is 0.106. The van der Waals surface area contributed by atoms with Gasteiger partial charge in [0.1, 0.15) is 5.75 Å². The third-order valence-corrected chi connectivity index (χ3v) is 3.24. The summed E-state index contributed by atoms with van der Waals surface area (Å²) in [4.78, 5) is 11.9. The number of carbonyl (C=O) groups excluding carboxylic acids is 1. The molecule has 3 nitrogen and oxygen atoms in total. The lowest BCUT2D eigenvalue weighted by atomic mass is 10.00. The first-order chi connectivity index (χ1) is 8.66. The summed E-state index contributed by atoms with van der Waals surface area (Å²) in [5, 5.41) is 3.11. The number of nitrogens with one attached hydrogen (secondary N) is 1. The van der Waals surface area contributed by atoms with E-state index in [1.54, 1.807) is 0 Å². The Bertz CT molecular complexity index is 415. The van der Waals surface area contributed by atoms with Gasteiger partial charge in [-0.1, -0.05) is 32.0 Å². The lowest BCUT2D eigenvalue weighted by Crippen LogP contribution is -2.32. The average molecular weight is 247 g/mol. The van der Waals surface area contributed by atoms with Gasteiger partial charge in [0.2, 0.25) is 5.91 Å².